The number of amides is 1. The van der Waals surface area contributed by atoms with Gasteiger partial charge in [0.1, 0.15) is 11.4 Å². The molecular formula is C15H18ClN5O3. The first kappa shape index (κ1) is 17.6. The Morgan fingerprint density at radius 3 is 2.71 bits per heavy atom. The van der Waals surface area contributed by atoms with E-state index in [9.17, 15) is 14.4 Å². The summed E-state index contributed by atoms with van der Waals surface area (Å²) in [4.78, 5) is 39.5. The third kappa shape index (κ3) is 3.28. The summed E-state index contributed by atoms with van der Waals surface area (Å²) >= 11 is 0. The fourth-order valence-corrected chi connectivity index (χ4v) is 2.89. The number of halogens is 1. The predicted octanol–water partition coefficient (Wildman–Crippen LogP) is 0.457. The van der Waals surface area contributed by atoms with Gasteiger partial charge in [-0.05, 0) is 42.5 Å². The Kier molecular flexibility index (Phi) is 4.99. The van der Waals surface area contributed by atoms with Gasteiger partial charge < -0.3 is 21.8 Å². The zero-order chi connectivity index (χ0) is 16.6. The van der Waals surface area contributed by atoms with Crippen molar-refractivity contribution in [3.8, 4) is 0 Å². The molecule has 3 rings (SSSR count). The van der Waals surface area contributed by atoms with E-state index in [1.54, 1.807) is 6.07 Å². The van der Waals surface area contributed by atoms with Crippen LogP contribution in [0, 0.1) is 0 Å². The van der Waals surface area contributed by atoms with Crippen molar-refractivity contribution in [2.45, 2.75) is 25.3 Å². The van der Waals surface area contributed by atoms with Crippen molar-refractivity contribution in [3.05, 3.63) is 55.9 Å². The van der Waals surface area contributed by atoms with Gasteiger partial charge in [0.05, 0.1) is 6.04 Å². The van der Waals surface area contributed by atoms with Gasteiger partial charge in [0.2, 0.25) is 0 Å². The monoisotopic (exact) mass is 351 g/mol. The number of anilines is 2. The molecule has 0 fully saturated rings. The van der Waals surface area contributed by atoms with E-state index in [1.807, 2.05) is 17.1 Å². The number of benzene rings is 1. The first-order valence-corrected chi connectivity index (χ1v) is 7.27. The number of hydrogen-bond donors (Lipinski definition) is 5. The fraction of sp³-hybridized carbons (Fsp3) is 0.267. The van der Waals surface area contributed by atoms with E-state index >= 15 is 0 Å². The van der Waals surface area contributed by atoms with Gasteiger partial charge in [0, 0.05) is 5.69 Å². The van der Waals surface area contributed by atoms with Gasteiger partial charge in [0.25, 0.3) is 11.5 Å². The highest BCUT2D eigenvalue weighted by Gasteiger charge is 2.24. The molecular weight excluding hydrogens is 334 g/mol. The van der Waals surface area contributed by atoms with Crippen molar-refractivity contribution in [2.24, 2.45) is 0 Å². The Morgan fingerprint density at radius 2 is 1.96 bits per heavy atom. The molecule has 1 aliphatic rings. The molecule has 1 heterocycles. The smallest absolute Gasteiger partial charge is 0.326 e. The number of nitrogen functional groups attached to an aromatic ring is 2. The summed E-state index contributed by atoms with van der Waals surface area (Å²) in [5, 5.41) is 2.82. The number of aromatic nitrogens is 2. The van der Waals surface area contributed by atoms with E-state index in [1.165, 1.54) is 0 Å². The van der Waals surface area contributed by atoms with E-state index in [2.05, 4.69) is 10.3 Å². The average molecular weight is 352 g/mol. The summed E-state index contributed by atoms with van der Waals surface area (Å²) in [6, 6.07) is 5.36. The second-order valence-electron chi connectivity index (χ2n) is 5.57. The van der Waals surface area contributed by atoms with E-state index < -0.39 is 17.2 Å². The molecule has 7 N–H and O–H groups in total. The number of carbonyl (C=O) groups is 1. The molecule has 9 heteroatoms. The molecule has 1 atom stereocenters. The quantitative estimate of drug-likeness (QED) is 0.498. The van der Waals surface area contributed by atoms with Crippen molar-refractivity contribution >= 4 is 29.7 Å². The molecule has 0 bridgehead atoms. The highest BCUT2D eigenvalue weighted by molar-refractivity contribution is 5.97. The van der Waals surface area contributed by atoms with Gasteiger partial charge in [-0.2, -0.15) is 0 Å². The van der Waals surface area contributed by atoms with Gasteiger partial charge in [-0.15, -0.1) is 12.4 Å². The van der Waals surface area contributed by atoms with Crippen LogP contribution in [0.15, 0.2) is 27.8 Å². The number of rotatable bonds is 2. The molecule has 128 valence electrons. The number of fused-ring (bicyclic) bond motifs is 1. The molecule has 0 aliphatic heterocycles. The van der Waals surface area contributed by atoms with Gasteiger partial charge in [-0.3, -0.25) is 14.6 Å². The Bertz CT molecular complexity index is 889. The molecule has 1 aromatic heterocycles. The van der Waals surface area contributed by atoms with Crippen molar-refractivity contribution in [1.82, 2.24) is 15.3 Å². The zero-order valence-electron chi connectivity index (χ0n) is 12.7. The van der Waals surface area contributed by atoms with Crippen molar-refractivity contribution in [2.75, 3.05) is 11.5 Å². The summed E-state index contributed by atoms with van der Waals surface area (Å²) in [5.41, 5.74) is 12.0. The number of aryl methyl sites for hydroxylation is 1. The number of carbonyl (C=O) groups excluding carboxylic acids is 1. The summed E-state index contributed by atoms with van der Waals surface area (Å²) in [6.07, 6.45) is 2.56. The number of hydrogen-bond acceptors (Lipinski definition) is 5. The first-order chi connectivity index (χ1) is 11.0. The first-order valence-electron chi connectivity index (χ1n) is 7.27. The van der Waals surface area contributed by atoms with Crippen molar-refractivity contribution < 1.29 is 4.79 Å². The van der Waals surface area contributed by atoms with E-state index in [0.29, 0.717) is 5.69 Å². The van der Waals surface area contributed by atoms with Crippen LogP contribution < -0.4 is 28.0 Å². The third-order valence-corrected chi connectivity index (χ3v) is 3.99. The average Bonchev–Trinajstić information content (AvgIpc) is 2.50. The number of nitrogens with one attached hydrogen (secondary N) is 3. The fourth-order valence-electron chi connectivity index (χ4n) is 2.89. The highest BCUT2D eigenvalue weighted by atomic mass is 35.5. The lowest BCUT2D eigenvalue weighted by atomic mass is 9.87. The largest absolute Gasteiger partial charge is 0.399 e. The maximum Gasteiger partial charge on any atom is 0.326 e. The second-order valence-corrected chi connectivity index (χ2v) is 5.57. The van der Waals surface area contributed by atoms with Crippen LogP contribution in [-0.2, 0) is 6.42 Å². The van der Waals surface area contributed by atoms with Crippen LogP contribution in [0.3, 0.4) is 0 Å². The van der Waals surface area contributed by atoms with Crippen molar-refractivity contribution in [3.63, 3.8) is 0 Å². The van der Waals surface area contributed by atoms with Crippen LogP contribution in [0.1, 0.15) is 40.5 Å². The molecule has 0 spiro atoms. The Morgan fingerprint density at radius 1 is 1.21 bits per heavy atom. The Labute approximate surface area is 143 Å². The molecule has 1 aromatic carbocycles. The molecule has 0 radical (unpaired) electrons. The number of H-pyrrole nitrogens is 2. The predicted molar refractivity (Wildman–Crippen MR) is 93.3 cm³/mol. The van der Waals surface area contributed by atoms with Gasteiger partial charge in [0.15, 0.2) is 0 Å². The van der Waals surface area contributed by atoms with E-state index in [-0.39, 0.29) is 29.8 Å². The van der Waals surface area contributed by atoms with Crippen LogP contribution >= 0.6 is 12.4 Å². The number of nitrogens with two attached hydrogens (primary N) is 2. The Balaban J connectivity index is 0.00000208. The highest BCUT2D eigenvalue weighted by Crippen LogP contribution is 2.31. The van der Waals surface area contributed by atoms with Gasteiger partial charge in [-0.25, -0.2) is 4.79 Å². The molecule has 8 nitrogen and oxygen atoms in total. The molecule has 1 amide bonds. The molecule has 2 aromatic rings. The summed E-state index contributed by atoms with van der Waals surface area (Å²) in [7, 11) is 0. The molecule has 0 saturated heterocycles. The minimum absolute atomic E-state index is 0. The van der Waals surface area contributed by atoms with E-state index in [0.717, 1.165) is 30.4 Å². The van der Waals surface area contributed by atoms with Crippen LogP contribution in [0.2, 0.25) is 0 Å². The second kappa shape index (κ2) is 6.79. The summed E-state index contributed by atoms with van der Waals surface area (Å²) in [6.45, 7) is 0. The summed E-state index contributed by atoms with van der Waals surface area (Å²) in [5.74, 6) is -0.583. The topological polar surface area (TPSA) is 147 Å². The van der Waals surface area contributed by atoms with Crippen LogP contribution in [0.25, 0.3) is 0 Å². The maximum absolute atomic E-state index is 12.4. The van der Waals surface area contributed by atoms with Gasteiger partial charge >= 0.3 is 5.69 Å². The van der Waals surface area contributed by atoms with Crippen LogP contribution in [-0.4, -0.2) is 15.9 Å². The zero-order valence-corrected chi connectivity index (χ0v) is 13.5. The summed E-state index contributed by atoms with van der Waals surface area (Å²) < 4.78 is 0. The SMILES string of the molecule is Cl.Nc1ccc2c(c1)CCCC2NC(=O)c1[nH]c(=O)[nH]c(=O)c1N. The Hall–Kier alpha value is -2.74. The lowest BCUT2D eigenvalue weighted by molar-refractivity contribution is 0.0928. The molecule has 24 heavy (non-hydrogen) atoms. The molecule has 1 unspecified atom stereocenters. The standard InChI is InChI=1S/C15H17N5O3.ClH/c16-8-4-5-9-7(6-8)2-1-3-10(9)18-14(22)12-11(17)13(21)20-15(23)19-12;/h4-6,10H,1-3,16-17H2,(H,18,22)(H2,19,20,21,23);1H. The molecule has 0 saturated carbocycles. The normalized spacial score (nSPS) is 15.9. The molecule has 1 aliphatic carbocycles. The minimum atomic E-state index is -0.782. The minimum Gasteiger partial charge on any atom is -0.399 e. The maximum atomic E-state index is 12.4. The van der Waals surface area contributed by atoms with Crippen LogP contribution in [0.4, 0.5) is 11.4 Å². The van der Waals surface area contributed by atoms with E-state index in [4.69, 9.17) is 11.5 Å². The lowest BCUT2D eigenvalue weighted by Crippen LogP contribution is -2.36. The lowest BCUT2D eigenvalue weighted by Gasteiger charge is -2.26. The number of aromatic amines is 2. The van der Waals surface area contributed by atoms with Crippen LogP contribution in [0.5, 0.6) is 0 Å². The third-order valence-electron chi connectivity index (χ3n) is 3.99. The van der Waals surface area contributed by atoms with Crippen molar-refractivity contribution in [1.29, 1.82) is 0 Å². The van der Waals surface area contributed by atoms with Gasteiger partial charge in [-0.1, -0.05) is 6.07 Å².